The predicted molar refractivity (Wildman–Crippen MR) is 64.2 cm³/mol. The summed E-state index contributed by atoms with van der Waals surface area (Å²) < 4.78 is 10.0. The second-order valence-corrected chi connectivity index (χ2v) is 4.47. The van der Waals surface area contributed by atoms with Crippen LogP contribution in [0.5, 0.6) is 0 Å². The zero-order chi connectivity index (χ0) is 11.6. The molecule has 1 rings (SSSR count). The molecule has 16 heavy (non-hydrogen) atoms. The molecule has 3 nitrogen and oxygen atoms in total. The first-order valence-electron chi connectivity index (χ1n) is 6.26. The van der Waals surface area contributed by atoms with Gasteiger partial charge in [0.1, 0.15) is 6.79 Å². The van der Waals surface area contributed by atoms with Crippen molar-refractivity contribution in [3.05, 3.63) is 12.2 Å². The Hall–Kier alpha value is -0.380. The summed E-state index contributed by atoms with van der Waals surface area (Å²) in [4.78, 5) is 0. The summed E-state index contributed by atoms with van der Waals surface area (Å²) in [6.07, 6.45) is 10.9. The normalized spacial score (nSPS) is 24.1. The van der Waals surface area contributed by atoms with E-state index in [2.05, 4.69) is 6.08 Å². The summed E-state index contributed by atoms with van der Waals surface area (Å²) in [6, 6.07) is 0. The zero-order valence-corrected chi connectivity index (χ0v) is 10.2. The third kappa shape index (κ3) is 6.26. The fourth-order valence-corrected chi connectivity index (χ4v) is 2.07. The quantitative estimate of drug-likeness (QED) is 0.374. The molecule has 0 aliphatic heterocycles. The van der Waals surface area contributed by atoms with Gasteiger partial charge in [-0.15, -0.1) is 0 Å². The molecular weight excluding hydrogens is 204 g/mol. The maximum Gasteiger partial charge on any atom is 0.146 e. The van der Waals surface area contributed by atoms with Crippen LogP contribution in [0.4, 0.5) is 0 Å². The van der Waals surface area contributed by atoms with Crippen LogP contribution in [0.3, 0.4) is 0 Å². The van der Waals surface area contributed by atoms with E-state index < -0.39 is 0 Å². The van der Waals surface area contributed by atoms with Gasteiger partial charge in [-0.1, -0.05) is 31.4 Å². The van der Waals surface area contributed by atoms with Crippen molar-refractivity contribution in [1.29, 1.82) is 0 Å². The fourth-order valence-electron chi connectivity index (χ4n) is 2.07. The van der Waals surface area contributed by atoms with E-state index in [1.165, 1.54) is 25.7 Å². The van der Waals surface area contributed by atoms with Crippen molar-refractivity contribution in [2.24, 2.45) is 5.92 Å². The van der Waals surface area contributed by atoms with Gasteiger partial charge < -0.3 is 14.6 Å². The van der Waals surface area contributed by atoms with Gasteiger partial charge in [-0.2, -0.15) is 0 Å². The standard InChI is InChI=1S/C13H24O3/c1-15-11-16-9-5-3-2-4-6-12-7-8-13(14)10-12/h7-8,12-14H,2-6,9-11H2,1H3/t12-,13-/m1/s1. The van der Waals surface area contributed by atoms with Gasteiger partial charge in [0.2, 0.25) is 0 Å². The number of allylic oxidation sites excluding steroid dienone is 1. The minimum absolute atomic E-state index is 0.188. The lowest BCUT2D eigenvalue weighted by molar-refractivity contribution is -0.0315. The molecule has 0 aromatic carbocycles. The van der Waals surface area contributed by atoms with E-state index in [1.54, 1.807) is 7.11 Å². The lowest BCUT2D eigenvalue weighted by atomic mass is 10.00. The Morgan fingerprint density at radius 2 is 2.00 bits per heavy atom. The predicted octanol–water partition coefficient (Wildman–Crippen LogP) is 2.49. The Morgan fingerprint density at radius 1 is 1.19 bits per heavy atom. The van der Waals surface area contributed by atoms with E-state index in [4.69, 9.17) is 9.47 Å². The van der Waals surface area contributed by atoms with Crippen LogP contribution in [-0.2, 0) is 9.47 Å². The van der Waals surface area contributed by atoms with Crippen LogP contribution in [0.2, 0.25) is 0 Å². The maximum atomic E-state index is 9.31. The minimum Gasteiger partial charge on any atom is -0.389 e. The number of aliphatic hydroxyl groups excluding tert-OH is 1. The van der Waals surface area contributed by atoms with Gasteiger partial charge >= 0.3 is 0 Å². The molecule has 1 aliphatic rings. The number of methoxy groups -OCH3 is 1. The second kappa shape index (κ2) is 8.74. The van der Waals surface area contributed by atoms with Crippen LogP contribution < -0.4 is 0 Å². The number of aliphatic hydroxyl groups is 1. The van der Waals surface area contributed by atoms with Crippen molar-refractivity contribution in [3.63, 3.8) is 0 Å². The first kappa shape index (κ1) is 13.7. The van der Waals surface area contributed by atoms with Crippen molar-refractivity contribution >= 4 is 0 Å². The van der Waals surface area contributed by atoms with Crippen molar-refractivity contribution in [1.82, 2.24) is 0 Å². The van der Waals surface area contributed by atoms with Crippen molar-refractivity contribution in [3.8, 4) is 0 Å². The smallest absolute Gasteiger partial charge is 0.146 e. The minimum atomic E-state index is -0.188. The average Bonchev–Trinajstić information content (AvgIpc) is 2.68. The number of unbranched alkanes of at least 4 members (excludes halogenated alkanes) is 3. The Labute approximate surface area is 98.4 Å². The van der Waals surface area contributed by atoms with Crippen molar-refractivity contribution < 1.29 is 14.6 Å². The summed E-state index contributed by atoms with van der Waals surface area (Å²) in [5.41, 5.74) is 0. The second-order valence-electron chi connectivity index (χ2n) is 4.47. The van der Waals surface area contributed by atoms with E-state index in [0.717, 1.165) is 19.4 Å². The third-order valence-electron chi connectivity index (χ3n) is 2.96. The molecule has 0 amide bonds. The van der Waals surface area contributed by atoms with Gasteiger partial charge in [0.05, 0.1) is 6.10 Å². The van der Waals surface area contributed by atoms with Crippen molar-refractivity contribution in [2.45, 2.75) is 44.6 Å². The number of hydrogen-bond acceptors (Lipinski definition) is 3. The first-order chi connectivity index (χ1) is 7.83. The fraction of sp³-hybridized carbons (Fsp3) is 0.846. The Morgan fingerprint density at radius 3 is 2.69 bits per heavy atom. The van der Waals surface area contributed by atoms with Crippen LogP contribution in [0.15, 0.2) is 12.2 Å². The molecule has 0 unspecified atom stereocenters. The highest BCUT2D eigenvalue weighted by Gasteiger charge is 2.15. The molecule has 0 heterocycles. The van der Waals surface area contributed by atoms with Gasteiger partial charge in [0, 0.05) is 13.7 Å². The van der Waals surface area contributed by atoms with Crippen molar-refractivity contribution in [2.75, 3.05) is 20.5 Å². The van der Waals surface area contributed by atoms with Crippen LogP contribution >= 0.6 is 0 Å². The maximum absolute atomic E-state index is 9.31. The number of ether oxygens (including phenoxy) is 2. The molecule has 0 fully saturated rings. The lowest BCUT2D eigenvalue weighted by Crippen LogP contribution is -2.02. The van der Waals surface area contributed by atoms with E-state index in [-0.39, 0.29) is 6.10 Å². The van der Waals surface area contributed by atoms with Gasteiger partial charge in [0.25, 0.3) is 0 Å². The largest absolute Gasteiger partial charge is 0.389 e. The van der Waals surface area contributed by atoms with E-state index in [1.807, 2.05) is 6.08 Å². The zero-order valence-electron chi connectivity index (χ0n) is 10.2. The highest BCUT2D eigenvalue weighted by atomic mass is 16.7. The molecule has 0 aromatic heterocycles. The third-order valence-corrected chi connectivity index (χ3v) is 2.96. The molecule has 0 radical (unpaired) electrons. The van der Waals surface area contributed by atoms with E-state index >= 15 is 0 Å². The number of rotatable bonds is 9. The number of hydrogen-bond donors (Lipinski definition) is 1. The summed E-state index contributed by atoms with van der Waals surface area (Å²) >= 11 is 0. The topological polar surface area (TPSA) is 38.7 Å². The molecule has 0 spiro atoms. The first-order valence-corrected chi connectivity index (χ1v) is 6.26. The van der Waals surface area contributed by atoms with Crippen LogP contribution in [0, 0.1) is 5.92 Å². The molecule has 0 bridgehead atoms. The molecule has 1 N–H and O–H groups in total. The highest BCUT2D eigenvalue weighted by Crippen LogP contribution is 2.23. The summed E-state index contributed by atoms with van der Waals surface area (Å²) in [7, 11) is 1.64. The monoisotopic (exact) mass is 228 g/mol. The summed E-state index contributed by atoms with van der Waals surface area (Å²) in [6.45, 7) is 1.21. The van der Waals surface area contributed by atoms with E-state index in [0.29, 0.717) is 12.7 Å². The SMILES string of the molecule is COCOCCCCCC[C@@H]1C=C[C@@H](O)C1. The van der Waals surface area contributed by atoms with Crippen LogP contribution in [0.25, 0.3) is 0 Å². The van der Waals surface area contributed by atoms with Crippen LogP contribution in [0.1, 0.15) is 38.5 Å². The molecule has 1 aliphatic carbocycles. The van der Waals surface area contributed by atoms with Gasteiger partial charge in [-0.05, 0) is 25.2 Å². The van der Waals surface area contributed by atoms with E-state index in [9.17, 15) is 5.11 Å². The highest BCUT2D eigenvalue weighted by molar-refractivity contribution is 5.02. The van der Waals surface area contributed by atoms with Gasteiger partial charge in [0.15, 0.2) is 0 Å². The molecule has 0 saturated carbocycles. The van der Waals surface area contributed by atoms with Gasteiger partial charge in [-0.25, -0.2) is 0 Å². The van der Waals surface area contributed by atoms with Gasteiger partial charge in [-0.3, -0.25) is 0 Å². The average molecular weight is 228 g/mol. The molecule has 94 valence electrons. The Kier molecular flexibility index (Phi) is 7.47. The summed E-state index contributed by atoms with van der Waals surface area (Å²) in [5, 5.41) is 9.31. The Balaban J connectivity index is 1.80. The molecular formula is C13H24O3. The van der Waals surface area contributed by atoms with Crippen LogP contribution in [-0.4, -0.2) is 31.7 Å². The molecule has 2 atom stereocenters. The summed E-state index contributed by atoms with van der Waals surface area (Å²) in [5.74, 6) is 0.611. The molecule has 3 heteroatoms. The lowest BCUT2D eigenvalue weighted by Gasteiger charge is -2.08. The Bertz CT molecular complexity index is 192. The molecule has 0 aromatic rings. The molecule has 0 saturated heterocycles.